The van der Waals surface area contributed by atoms with Gasteiger partial charge < -0.3 is 15.5 Å². The molecule has 2 amide bonds. The maximum Gasteiger partial charge on any atom is 0.241 e. The van der Waals surface area contributed by atoms with E-state index in [0.29, 0.717) is 6.54 Å². The number of carbonyl (C=O) groups is 2. The summed E-state index contributed by atoms with van der Waals surface area (Å²) in [5.41, 5.74) is 1.78. The van der Waals surface area contributed by atoms with E-state index < -0.39 is 0 Å². The second kappa shape index (κ2) is 6.52. The molecule has 20 heavy (non-hydrogen) atoms. The van der Waals surface area contributed by atoms with Gasteiger partial charge in [0.1, 0.15) is 0 Å². The normalized spacial score (nSPS) is 17.8. The van der Waals surface area contributed by atoms with Gasteiger partial charge in [-0.05, 0) is 37.1 Å². The van der Waals surface area contributed by atoms with E-state index in [2.05, 4.69) is 10.6 Å². The molecule has 2 N–H and O–H groups in total. The molecule has 0 saturated carbocycles. The first kappa shape index (κ1) is 14.5. The highest BCUT2D eigenvalue weighted by Crippen LogP contribution is 2.14. The predicted octanol–water partition coefficient (Wildman–Crippen LogP) is 1.36. The second-order valence-corrected chi connectivity index (χ2v) is 5.21. The molecule has 2 rings (SSSR count). The highest BCUT2D eigenvalue weighted by Gasteiger charge is 2.21. The Morgan fingerprint density at radius 3 is 2.90 bits per heavy atom. The average molecular weight is 275 g/mol. The van der Waals surface area contributed by atoms with Crippen LogP contribution in [0.15, 0.2) is 24.3 Å². The summed E-state index contributed by atoms with van der Waals surface area (Å²) in [4.78, 5) is 24.9. The van der Waals surface area contributed by atoms with Gasteiger partial charge in [-0.25, -0.2) is 0 Å². The van der Waals surface area contributed by atoms with Crippen molar-refractivity contribution in [2.75, 3.05) is 18.9 Å². The van der Waals surface area contributed by atoms with E-state index in [4.69, 9.17) is 0 Å². The zero-order chi connectivity index (χ0) is 14.5. The fourth-order valence-electron chi connectivity index (χ4n) is 2.27. The maximum atomic E-state index is 12.0. The zero-order valence-corrected chi connectivity index (χ0v) is 12.0. The first-order valence-electron chi connectivity index (χ1n) is 6.91. The van der Waals surface area contributed by atoms with Crippen molar-refractivity contribution in [1.82, 2.24) is 10.2 Å². The number of nitrogens with one attached hydrogen (secondary N) is 2. The third-order valence-corrected chi connectivity index (χ3v) is 3.53. The van der Waals surface area contributed by atoms with Crippen LogP contribution in [0.5, 0.6) is 0 Å². The van der Waals surface area contributed by atoms with E-state index >= 15 is 0 Å². The lowest BCUT2D eigenvalue weighted by molar-refractivity contribution is -0.128. The average Bonchev–Trinajstić information content (AvgIpc) is 2.92. The molecule has 5 nitrogen and oxygen atoms in total. The lowest BCUT2D eigenvalue weighted by Gasteiger charge is -2.16. The highest BCUT2D eigenvalue weighted by atomic mass is 16.2. The van der Waals surface area contributed by atoms with Crippen LogP contribution in [-0.4, -0.2) is 36.3 Å². The Kier molecular flexibility index (Phi) is 4.74. The van der Waals surface area contributed by atoms with Gasteiger partial charge in [-0.1, -0.05) is 12.1 Å². The van der Waals surface area contributed by atoms with E-state index in [1.807, 2.05) is 24.3 Å². The molecule has 0 radical (unpaired) electrons. The fourth-order valence-corrected chi connectivity index (χ4v) is 2.27. The van der Waals surface area contributed by atoms with Crippen LogP contribution in [0.4, 0.5) is 5.69 Å². The second-order valence-electron chi connectivity index (χ2n) is 5.21. The summed E-state index contributed by atoms with van der Waals surface area (Å²) >= 11 is 0. The minimum Gasteiger partial charge on any atom is -0.342 e. The molecule has 0 aliphatic carbocycles. The SMILES string of the molecule is CC(=O)N(C)Cc1cccc(NC(=O)[C@H]2CCCN2)c1. The summed E-state index contributed by atoms with van der Waals surface area (Å²) in [5.74, 6) is 0.0363. The molecule has 0 unspecified atom stereocenters. The van der Waals surface area contributed by atoms with E-state index in [-0.39, 0.29) is 17.9 Å². The Morgan fingerprint density at radius 1 is 1.45 bits per heavy atom. The predicted molar refractivity (Wildman–Crippen MR) is 78.2 cm³/mol. The molecular formula is C15H21N3O2. The van der Waals surface area contributed by atoms with Crippen LogP contribution in [0.3, 0.4) is 0 Å². The number of amides is 2. The van der Waals surface area contributed by atoms with Crippen molar-refractivity contribution in [2.45, 2.75) is 32.4 Å². The summed E-state index contributed by atoms with van der Waals surface area (Å²) in [6.07, 6.45) is 1.93. The third kappa shape index (κ3) is 3.81. The van der Waals surface area contributed by atoms with E-state index in [1.54, 1.807) is 11.9 Å². The highest BCUT2D eigenvalue weighted by molar-refractivity contribution is 5.95. The van der Waals surface area contributed by atoms with Crippen molar-refractivity contribution in [1.29, 1.82) is 0 Å². The van der Waals surface area contributed by atoms with Crippen LogP contribution in [0.25, 0.3) is 0 Å². The minimum atomic E-state index is -0.0847. The molecule has 0 bridgehead atoms. The Bertz CT molecular complexity index is 496. The van der Waals surface area contributed by atoms with Crippen LogP contribution >= 0.6 is 0 Å². The van der Waals surface area contributed by atoms with Gasteiger partial charge in [-0.15, -0.1) is 0 Å². The van der Waals surface area contributed by atoms with Crippen LogP contribution in [0.2, 0.25) is 0 Å². The number of nitrogens with zero attached hydrogens (tertiary/aromatic N) is 1. The number of hydrogen-bond donors (Lipinski definition) is 2. The van der Waals surface area contributed by atoms with Gasteiger partial charge in [-0.2, -0.15) is 0 Å². The molecule has 1 fully saturated rings. The van der Waals surface area contributed by atoms with Gasteiger partial charge in [0.25, 0.3) is 0 Å². The van der Waals surface area contributed by atoms with E-state index in [9.17, 15) is 9.59 Å². The summed E-state index contributed by atoms with van der Waals surface area (Å²) < 4.78 is 0. The molecule has 1 aromatic rings. The molecule has 1 aliphatic rings. The number of rotatable bonds is 4. The molecule has 0 spiro atoms. The molecule has 1 aromatic carbocycles. The molecule has 0 aromatic heterocycles. The van der Waals surface area contributed by atoms with Gasteiger partial charge in [0.05, 0.1) is 6.04 Å². The van der Waals surface area contributed by atoms with E-state index in [1.165, 1.54) is 6.92 Å². The summed E-state index contributed by atoms with van der Waals surface area (Å²) in [6.45, 7) is 2.99. The monoisotopic (exact) mass is 275 g/mol. The van der Waals surface area contributed by atoms with Crippen molar-refractivity contribution in [3.63, 3.8) is 0 Å². The van der Waals surface area contributed by atoms with Crippen molar-refractivity contribution in [2.24, 2.45) is 0 Å². The zero-order valence-electron chi connectivity index (χ0n) is 12.0. The summed E-state index contributed by atoms with van der Waals surface area (Å²) in [5, 5.41) is 6.10. The fraction of sp³-hybridized carbons (Fsp3) is 0.467. The molecule has 1 aliphatic heterocycles. The van der Waals surface area contributed by atoms with Gasteiger partial charge in [0, 0.05) is 26.2 Å². The third-order valence-electron chi connectivity index (χ3n) is 3.53. The lowest BCUT2D eigenvalue weighted by Crippen LogP contribution is -2.35. The van der Waals surface area contributed by atoms with Crippen molar-refractivity contribution < 1.29 is 9.59 Å². The molecular weight excluding hydrogens is 254 g/mol. The van der Waals surface area contributed by atoms with Crippen LogP contribution in [0.1, 0.15) is 25.3 Å². The topological polar surface area (TPSA) is 61.4 Å². The van der Waals surface area contributed by atoms with Gasteiger partial charge in [0.2, 0.25) is 11.8 Å². The number of hydrogen-bond acceptors (Lipinski definition) is 3. The number of carbonyl (C=O) groups excluding carboxylic acids is 2. The standard InChI is InChI=1S/C15H21N3O2/c1-11(19)18(2)10-12-5-3-6-13(9-12)17-15(20)14-7-4-8-16-14/h3,5-6,9,14,16H,4,7-8,10H2,1-2H3,(H,17,20)/t14-/m1/s1. The number of anilines is 1. The Labute approximate surface area is 119 Å². The molecule has 1 heterocycles. The minimum absolute atomic E-state index is 0.0135. The summed E-state index contributed by atoms with van der Waals surface area (Å²) in [6, 6.07) is 7.53. The quantitative estimate of drug-likeness (QED) is 0.872. The molecule has 1 atom stereocenters. The molecule has 5 heteroatoms. The Balaban J connectivity index is 1.98. The maximum absolute atomic E-state index is 12.0. The summed E-state index contributed by atoms with van der Waals surface area (Å²) in [7, 11) is 1.76. The van der Waals surface area contributed by atoms with Gasteiger partial charge in [0.15, 0.2) is 0 Å². The lowest BCUT2D eigenvalue weighted by atomic mass is 10.1. The van der Waals surface area contributed by atoms with Gasteiger partial charge in [-0.3, -0.25) is 9.59 Å². The molecule has 108 valence electrons. The van der Waals surface area contributed by atoms with Gasteiger partial charge >= 0.3 is 0 Å². The van der Waals surface area contributed by atoms with Crippen LogP contribution in [-0.2, 0) is 16.1 Å². The Hall–Kier alpha value is -1.88. The van der Waals surface area contributed by atoms with Crippen molar-refractivity contribution in [3.8, 4) is 0 Å². The van der Waals surface area contributed by atoms with E-state index in [0.717, 1.165) is 30.6 Å². The number of benzene rings is 1. The Morgan fingerprint density at radius 2 is 2.25 bits per heavy atom. The van der Waals surface area contributed by atoms with Crippen LogP contribution < -0.4 is 10.6 Å². The van der Waals surface area contributed by atoms with Crippen molar-refractivity contribution in [3.05, 3.63) is 29.8 Å². The largest absolute Gasteiger partial charge is 0.342 e. The molecule has 1 saturated heterocycles. The van der Waals surface area contributed by atoms with Crippen LogP contribution in [0, 0.1) is 0 Å². The first-order chi connectivity index (χ1) is 9.56. The smallest absolute Gasteiger partial charge is 0.241 e. The first-order valence-corrected chi connectivity index (χ1v) is 6.91. The van der Waals surface area contributed by atoms with Crippen molar-refractivity contribution >= 4 is 17.5 Å².